The van der Waals surface area contributed by atoms with E-state index in [9.17, 15) is 22.4 Å². The minimum absolute atomic E-state index is 0.0394. The highest BCUT2D eigenvalue weighted by Gasteiger charge is 2.34. The lowest BCUT2D eigenvalue weighted by Gasteiger charge is -2.35. The van der Waals surface area contributed by atoms with Crippen molar-refractivity contribution in [2.24, 2.45) is 0 Å². The number of benzene rings is 3. The van der Waals surface area contributed by atoms with Crippen LogP contribution in [0, 0.1) is 12.7 Å². The van der Waals surface area contributed by atoms with Crippen LogP contribution in [-0.4, -0.2) is 50.0 Å². The van der Waals surface area contributed by atoms with Crippen LogP contribution in [0.25, 0.3) is 0 Å². The summed E-state index contributed by atoms with van der Waals surface area (Å²) in [7, 11) is -3.90. The summed E-state index contributed by atoms with van der Waals surface area (Å²) in [6.45, 7) is 1.56. The molecule has 1 aliphatic rings. The summed E-state index contributed by atoms with van der Waals surface area (Å²) in [5.74, 6) is -1.30. The fourth-order valence-electron chi connectivity index (χ4n) is 5.21. The molecular weight excluding hydrogens is 541 g/mol. The highest BCUT2D eigenvalue weighted by molar-refractivity contribution is 7.92. The average molecular weight is 580 g/mol. The maximum absolute atomic E-state index is 14.1. The van der Waals surface area contributed by atoms with Gasteiger partial charge in [-0.25, -0.2) is 12.8 Å². The van der Waals surface area contributed by atoms with E-state index in [4.69, 9.17) is 0 Å². The van der Waals surface area contributed by atoms with Gasteiger partial charge in [0.2, 0.25) is 21.8 Å². The fraction of sp³-hybridized carbons (Fsp3) is 0.375. The van der Waals surface area contributed by atoms with Gasteiger partial charge in [0, 0.05) is 19.0 Å². The van der Waals surface area contributed by atoms with Gasteiger partial charge in [-0.2, -0.15) is 0 Å². The monoisotopic (exact) mass is 579 g/mol. The Morgan fingerprint density at radius 3 is 2.15 bits per heavy atom. The van der Waals surface area contributed by atoms with Crippen LogP contribution >= 0.6 is 0 Å². The zero-order valence-corrected chi connectivity index (χ0v) is 24.4. The van der Waals surface area contributed by atoms with Crippen LogP contribution in [0.1, 0.15) is 48.8 Å². The zero-order valence-electron chi connectivity index (χ0n) is 23.6. The molecule has 9 heteroatoms. The minimum Gasteiger partial charge on any atom is -0.352 e. The molecule has 7 nitrogen and oxygen atoms in total. The van der Waals surface area contributed by atoms with Gasteiger partial charge in [0.1, 0.15) is 18.4 Å². The molecule has 0 bridgehead atoms. The van der Waals surface area contributed by atoms with Crippen LogP contribution < -0.4 is 9.62 Å². The van der Waals surface area contributed by atoms with Gasteiger partial charge < -0.3 is 10.2 Å². The van der Waals surface area contributed by atoms with Crippen LogP contribution in [0.2, 0.25) is 0 Å². The largest absolute Gasteiger partial charge is 0.352 e. The maximum atomic E-state index is 14.1. The Labute approximate surface area is 242 Å². The van der Waals surface area contributed by atoms with Crippen molar-refractivity contribution in [3.8, 4) is 0 Å². The Morgan fingerprint density at radius 2 is 1.54 bits per heavy atom. The first kappa shape index (κ1) is 30.2. The van der Waals surface area contributed by atoms with Crippen molar-refractivity contribution in [1.29, 1.82) is 0 Å². The Morgan fingerprint density at radius 1 is 0.902 bits per heavy atom. The number of amides is 2. The van der Waals surface area contributed by atoms with Crippen molar-refractivity contribution in [3.05, 3.63) is 101 Å². The maximum Gasteiger partial charge on any atom is 0.244 e. The first-order chi connectivity index (χ1) is 19.6. The molecule has 41 heavy (non-hydrogen) atoms. The SMILES string of the molecule is Cc1ccc(CN(C(=O)CN(c2ccc(F)cc2)S(C)(=O)=O)C(Cc2ccccc2)C(=O)NC2CCCCC2)cc1. The van der Waals surface area contributed by atoms with Crippen molar-refractivity contribution < 1.29 is 22.4 Å². The van der Waals surface area contributed by atoms with E-state index in [1.807, 2.05) is 61.5 Å². The Hall–Kier alpha value is -3.72. The molecule has 4 rings (SSSR count). The van der Waals surface area contributed by atoms with Crippen molar-refractivity contribution in [3.63, 3.8) is 0 Å². The van der Waals surface area contributed by atoms with Gasteiger partial charge in [0.05, 0.1) is 11.9 Å². The van der Waals surface area contributed by atoms with E-state index < -0.39 is 34.3 Å². The van der Waals surface area contributed by atoms with Crippen LogP contribution in [0.5, 0.6) is 0 Å². The molecule has 0 saturated heterocycles. The summed E-state index contributed by atoms with van der Waals surface area (Å²) in [5, 5.41) is 3.18. The molecule has 0 spiro atoms. The summed E-state index contributed by atoms with van der Waals surface area (Å²) in [5.41, 5.74) is 2.93. The molecule has 1 fully saturated rings. The molecule has 0 aliphatic heterocycles. The topological polar surface area (TPSA) is 86.8 Å². The molecule has 1 unspecified atom stereocenters. The molecule has 1 atom stereocenters. The Bertz CT molecular complexity index is 1410. The van der Waals surface area contributed by atoms with Crippen LogP contribution in [0.3, 0.4) is 0 Å². The van der Waals surface area contributed by atoms with E-state index in [2.05, 4.69) is 5.32 Å². The number of hydrogen-bond donors (Lipinski definition) is 1. The lowest BCUT2D eigenvalue weighted by Crippen LogP contribution is -2.55. The average Bonchev–Trinajstić information content (AvgIpc) is 2.95. The summed E-state index contributed by atoms with van der Waals surface area (Å²) < 4.78 is 40.2. The van der Waals surface area contributed by atoms with E-state index in [-0.39, 0.29) is 30.6 Å². The third-order valence-corrected chi connectivity index (χ3v) is 8.63. The molecule has 1 N–H and O–H groups in total. The highest BCUT2D eigenvalue weighted by atomic mass is 32.2. The van der Waals surface area contributed by atoms with Crippen LogP contribution in [-0.2, 0) is 32.6 Å². The smallest absolute Gasteiger partial charge is 0.244 e. The molecular formula is C32H38FN3O4S. The predicted octanol–water partition coefficient (Wildman–Crippen LogP) is 4.99. The van der Waals surface area contributed by atoms with Gasteiger partial charge in [-0.05, 0) is 55.2 Å². The van der Waals surface area contributed by atoms with Crippen molar-refractivity contribution in [1.82, 2.24) is 10.2 Å². The van der Waals surface area contributed by atoms with E-state index >= 15 is 0 Å². The van der Waals surface area contributed by atoms with E-state index in [1.54, 1.807) is 0 Å². The van der Waals surface area contributed by atoms with Crippen molar-refractivity contribution in [2.45, 2.75) is 64.1 Å². The highest BCUT2D eigenvalue weighted by Crippen LogP contribution is 2.22. The number of carbonyl (C=O) groups excluding carboxylic acids is 2. The lowest BCUT2D eigenvalue weighted by atomic mass is 9.94. The molecule has 0 radical (unpaired) electrons. The first-order valence-electron chi connectivity index (χ1n) is 14.0. The number of halogens is 1. The molecule has 3 aromatic carbocycles. The number of aryl methyl sites for hydroxylation is 1. The molecule has 218 valence electrons. The molecule has 3 aromatic rings. The van der Waals surface area contributed by atoms with Gasteiger partial charge in [0.15, 0.2) is 0 Å². The van der Waals surface area contributed by atoms with Crippen LogP contribution in [0.4, 0.5) is 10.1 Å². The van der Waals surface area contributed by atoms with Gasteiger partial charge in [-0.1, -0.05) is 79.4 Å². The van der Waals surface area contributed by atoms with Gasteiger partial charge in [-0.15, -0.1) is 0 Å². The summed E-state index contributed by atoms with van der Waals surface area (Å²) in [4.78, 5) is 29.5. The number of nitrogens with zero attached hydrogens (tertiary/aromatic N) is 2. The standard InChI is InChI=1S/C32H38FN3O4S/c1-24-13-15-26(16-14-24)22-35(31(37)23-36(41(2,39)40)29-19-17-27(33)18-20-29)30(21-25-9-5-3-6-10-25)32(38)34-28-11-7-4-8-12-28/h3,5-6,9-10,13-20,28,30H,4,7-8,11-12,21-23H2,1-2H3,(H,34,38). The van der Waals surface area contributed by atoms with E-state index in [1.165, 1.54) is 17.0 Å². The first-order valence-corrected chi connectivity index (χ1v) is 15.9. The lowest BCUT2D eigenvalue weighted by molar-refractivity contribution is -0.140. The predicted molar refractivity (Wildman–Crippen MR) is 159 cm³/mol. The van der Waals surface area contributed by atoms with E-state index in [0.717, 1.165) is 71.5 Å². The zero-order chi connectivity index (χ0) is 29.4. The normalized spacial score (nSPS) is 14.7. The molecule has 0 heterocycles. The van der Waals surface area contributed by atoms with Crippen molar-refractivity contribution >= 4 is 27.5 Å². The second kappa shape index (κ2) is 13.8. The number of carbonyl (C=O) groups is 2. The number of sulfonamides is 1. The fourth-order valence-corrected chi connectivity index (χ4v) is 6.06. The van der Waals surface area contributed by atoms with Gasteiger partial charge in [0.25, 0.3) is 0 Å². The molecule has 0 aromatic heterocycles. The Balaban J connectivity index is 1.71. The number of nitrogens with one attached hydrogen (secondary N) is 1. The summed E-state index contributed by atoms with van der Waals surface area (Å²) in [6, 6.07) is 21.3. The second-order valence-corrected chi connectivity index (χ2v) is 12.7. The summed E-state index contributed by atoms with van der Waals surface area (Å²) in [6.07, 6.45) is 6.28. The summed E-state index contributed by atoms with van der Waals surface area (Å²) >= 11 is 0. The number of hydrogen-bond acceptors (Lipinski definition) is 4. The molecule has 1 aliphatic carbocycles. The van der Waals surface area contributed by atoms with Crippen LogP contribution in [0.15, 0.2) is 78.9 Å². The third kappa shape index (κ3) is 8.63. The van der Waals surface area contributed by atoms with E-state index in [0.29, 0.717) is 0 Å². The van der Waals surface area contributed by atoms with Gasteiger partial charge >= 0.3 is 0 Å². The Kier molecular flexibility index (Phi) is 10.2. The minimum atomic E-state index is -3.90. The number of anilines is 1. The second-order valence-electron chi connectivity index (χ2n) is 10.8. The molecule has 1 saturated carbocycles. The van der Waals surface area contributed by atoms with Gasteiger partial charge in [-0.3, -0.25) is 13.9 Å². The third-order valence-electron chi connectivity index (χ3n) is 7.49. The molecule has 2 amide bonds. The number of rotatable bonds is 11. The quantitative estimate of drug-likeness (QED) is 0.347. The van der Waals surface area contributed by atoms with Crippen molar-refractivity contribution in [2.75, 3.05) is 17.1 Å².